The minimum absolute atomic E-state index is 0. The van der Waals surface area contributed by atoms with Gasteiger partial charge in [0.15, 0.2) is 0 Å². The number of nitrogens with one attached hydrogen (secondary N) is 4. The Morgan fingerprint density at radius 2 is 1.81 bits per heavy atom. The summed E-state index contributed by atoms with van der Waals surface area (Å²) in [5.41, 5.74) is -0.409. The molecule has 2 rings (SSSR count). The summed E-state index contributed by atoms with van der Waals surface area (Å²) in [4.78, 5) is 24.8. The first-order valence-corrected chi connectivity index (χ1v) is 8.99. The number of methoxy groups -OCH3 is 1. The van der Waals surface area contributed by atoms with E-state index in [1.165, 1.54) is 0 Å². The highest BCUT2D eigenvalue weighted by molar-refractivity contribution is 5.95. The van der Waals surface area contributed by atoms with E-state index < -0.39 is 11.6 Å². The number of rotatable bonds is 7. The summed E-state index contributed by atoms with van der Waals surface area (Å²) < 4.78 is 5.37. The Labute approximate surface area is 167 Å². The fourth-order valence-electron chi connectivity index (χ4n) is 3.15. The number of halogens is 1. The molecule has 1 saturated heterocycles. The van der Waals surface area contributed by atoms with Crippen molar-refractivity contribution >= 4 is 30.0 Å². The van der Waals surface area contributed by atoms with Gasteiger partial charge in [-0.2, -0.15) is 0 Å². The van der Waals surface area contributed by atoms with Crippen LogP contribution in [0.3, 0.4) is 0 Å². The maximum atomic E-state index is 12.6. The molecule has 4 N–H and O–H groups in total. The molecule has 3 amide bonds. The molecule has 0 atom stereocenters. The lowest BCUT2D eigenvalue weighted by molar-refractivity contribution is -0.127. The smallest absolute Gasteiger partial charge is 0.320 e. The van der Waals surface area contributed by atoms with Gasteiger partial charge < -0.3 is 26.0 Å². The molecule has 0 aromatic heterocycles. The fourth-order valence-corrected chi connectivity index (χ4v) is 3.15. The minimum Gasteiger partial charge on any atom is -0.384 e. The van der Waals surface area contributed by atoms with Crippen LogP contribution in [-0.4, -0.2) is 50.8 Å². The standard InChI is InChI=1S/C19H30N4O3.ClH/c1-18(2,23-17(25)22-15-7-5-4-6-8-15)16(24)21-13-19(14-26-3)9-11-20-12-10-19;/h4-8,20H,9-14H2,1-3H3,(H,21,24)(H2,22,23,25);1H. The highest BCUT2D eigenvalue weighted by Gasteiger charge is 2.35. The predicted octanol–water partition coefficient (Wildman–Crippen LogP) is 2.14. The van der Waals surface area contributed by atoms with E-state index in [4.69, 9.17) is 4.74 Å². The van der Waals surface area contributed by atoms with E-state index in [0.717, 1.165) is 25.9 Å². The van der Waals surface area contributed by atoms with Gasteiger partial charge in [0.25, 0.3) is 0 Å². The van der Waals surface area contributed by atoms with E-state index >= 15 is 0 Å². The Hall–Kier alpha value is -1.83. The Morgan fingerprint density at radius 3 is 2.41 bits per heavy atom. The molecule has 8 heteroatoms. The average Bonchev–Trinajstić information content (AvgIpc) is 2.61. The molecule has 1 aromatic rings. The summed E-state index contributed by atoms with van der Waals surface area (Å²) in [7, 11) is 1.69. The summed E-state index contributed by atoms with van der Waals surface area (Å²) in [5, 5.41) is 11.8. The molecule has 0 unspecified atom stereocenters. The quantitative estimate of drug-likeness (QED) is 0.566. The van der Waals surface area contributed by atoms with Gasteiger partial charge in [-0.1, -0.05) is 18.2 Å². The Balaban J connectivity index is 0.00000364. The first kappa shape index (κ1) is 23.2. The Bertz CT molecular complexity index is 599. The fraction of sp³-hybridized carbons (Fsp3) is 0.579. The molecule has 1 aromatic carbocycles. The molecule has 1 fully saturated rings. The van der Waals surface area contributed by atoms with Gasteiger partial charge in [0.1, 0.15) is 5.54 Å². The van der Waals surface area contributed by atoms with Crippen molar-refractivity contribution < 1.29 is 14.3 Å². The van der Waals surface area contributed by atoms with Crippen molar-refractivity contribution in [3.8, 4) is 0 Å². The van der Waals surface area contributed by atoms with Crippen LogP contribution in [0.15, 0.2) is 30.3 Å². The van der Waals surface area contributed by atoms with Crippen molar-refractivity contribution in [1.82, 2.24) is 16.0 Å². The maximum absolute atomic E-state index is 12.6. The second-order valence-corrected chi connectivity index (χ2v) is 7.44. The summed E-state index contributed by atoms with van der Waals surface area (Å²) in [6.07, 6.45) is 1.90. The first-order valence-electron chi connectivity index (χ1n) is 8.99. The van der Waals surface area contributed by atoms with Crippen molar-refractivity contribution in [3.05, 3.63) is 30.3 Å². The van der Waals surface area contributed by atoms with E-state index in [9.17, 15) is 9.59 Å². The van der Waals surface area contributed by atoms with Crippen LogP contribution in [0.25, 0.3) is 0 Å². The van der Waals surface area contributed by atoms with Gasteiger partial charge in [-0.25, -0.2) is 4.79 Å². The van der Waals surface area contributed by atoms with E-state index in [1.54, 1.807) is 33.1 Å². The second-order valence-electron chi connectivity index (χ2n) is 7.44. The third kappa shape index (κ3) is 7.01. The first-order chi connectivity index (χ1) is 12.4. The lowest BCUT2D eigenvalue weighted by Crippen LogP contribution is -2.58. The van der Waals surface area contributed by atoms with Crippen molar-refractivity contribution in [2.45, 2.75) is 32.2 Å². The van der Waals surface area contributed by atoms with Crippen LogP contribution in [0.1, 0.15) is 26.7 Å². The number of amides is 3. The maximum Gasteiger partial charge on any atom is 0.320 e. The van der Waals surface area contributed by atoms with Crippen molar-refractivity contribution in [1.29, 1.82) is 0 Å². The third-order valence-electron chi connectivity index (χ3n) is 4.76. The summed E-state index contributed by atoms with van der Waals surface area (Å²) in [6, 6.07) is 8.71. The second kappa shape index (κ2) is 10.5. The van der Waals surface area contributed by atoms with Crippen LogP contribution >= 0.6 is 12.4 Å². The zero-order valence-corrected chi connectivity index (χ0v) is 17.1. The molecular formula is C19H31ClN4O3. The number of carbonyl (C=O) groups excluding carboxylic acids is 2. The van der Waals surface area contributed by atoms with Crippen LogP contribution < -0.4 is 21.3 Å². The van der Waals surface area contributed by atoms with E-state index in [2.05, 4.69) is 21.3 Å². The number of benzene rings is 1. The van der Waals surface area contributed by atoms with Crippen LogP contribution in [0.2, 0.25) is 0 Å². The molecule has 0 spiro atoms. The molecule has 7 nitrogen and oxygen atoms in total. The highest BCUT2D eigenvalue weighted by atomic mass is 35.5. The molecule has 0 saturated carbocycles. The lowest BCUT2D eigenvalue weighted by Gasteiger charge is -2.38. The Morgan fingerprint density at radius 1 is 1.19 bits per heavy atom. The monoisotopic (exact) mass is 398 g/mol. The zero-order valence-electron chi connectivity index (χ0n) is 16.3. The molecular weight excluding hydrogens is 368 g/mol. The molecule has 27 heavy (non-hydrogen) atoms. The number of hydrogen-bond donors (Lipinski definition) is 4. The molecule has 1 heterocycles. The SMILES string of the molecule is COCC1(CNC(=O)C(C)(C)NC(=O)Nc2ccccc2)CCNCC1.Cl. The number of hydrogen-bond acceptors (Lipinski definition) is 4. The number of piperidine rings is 1. The highest BCUT2D eigenvalue weighted by Crippen LogP contribution is 2.28. The van der Waals surface area contributed by atoms with Gasteiger partial charge in [0.2, 0.25) is 5.91 Å². The number of carbonyl (C=O) groups is 2. The van der Waals surface area contributed by atoms with Gasteiger partial charge >= 0.3 is 6.03 Å². The molecule has 1 aliphatic heterocycles. The summed E-state index contributed by atoms with van der Waals surface area (Å²) >= 11 is 0. The third-order valence-corrected chi connectivity index (χ3v) is 4.76. The van der Waals surface area contributed by atoms with E-state index in [-0.39, 0.29) is 23.7 Å². The van der Waals surface area contributed by atoms with Crippen molar-refractivity contribution in [2.24, 2.45) is 5.41 Å². The van der Waals surface area contributed by atoms with E-state index in [0.29, 0.717) is 18.8 Å². The molecule has 152 valence electrons. The summed E-state index contributed by atoms with van der Waals surface area (Å²) in [6.45, 7) is 6.36. The minimum atomic E-state index is -1.03. The van der Waals surface area contributed by atoms with Crippen LogP contribution in [-0.2, 0) is 9.53 Å². The molecule has 1 aliphatic rings. The van der Waals surface area contributed by atoms with Crippen LogP contribution in [0.5, 0.6) is 0 Å². The van der Waals surface area contributed by atoms with Gasteiger partial charge in [0, 0.05) is 24.8 Å². The average molecular weight is 399 g/mol. The van der Waals surface area contributed by atoms with Crippen molar-refractivity contribution in [2.75, 3.05) is 38.7 Å². The Kier molecular flexibility index (Phi) is 9.02. The van der Waals surface area contributed by atoms with Gasteiger partial charge in [-0.05, 0) is 51.9 Å². The number of anilines is 1. The number of ether oxygens (including phenoxy) is 1. The summed E-state index contributed by atoms with van der Waals surface area (Å²) in [5.74, 6) is -0.213. The predicted molar refractivity (Wildman–Crippen MR) is 109 cm³/mol. The largest absolute Gasteiger partial charge is 0.384 e. The normalized spacial score (nSPS) is 16.0. The topological polar surface area (TPSA) is 91.5 Å². The van der Waals surface area contributed by atoms with E-state index in [1.807, 2.05) is 18.2 Å². The van der Waals surface area contributed by atoms with Crippen LogP contribution in [0, 0.1) is 5.41 Å². The van der Waals surface area contributed by atoms with Gasteiger partial charge in [-0.15, -0.1) is 12.4 Å². The van der Waals surface area contributed by atoms with Gasteiger partial charge in [-0.3, -0.25) is 4.79 Å². The number of urea groups is 1. The number of para-hydroxylation sites is 1. The van der Waals surface area contributed by atoms with Crippen LogP contribution in [0.4, 0.5) is 10.5 Å². The lowest BCUT2D eigenvalue weighted by atomic mass is 9.79. The van der Waals surface area contributed by atoms with Crippen molar-refractivity contribution in [3.63, 3.8) is 0 Å². The van der Waals surface area contributed by atoms with Gasteiger partial charge in [0.05, 0.1) is 6.61 Å². The molecule has 0 bridgehead atoms. The molecule has 0 aliphatic carbocycles. The zero-order chi connectivity index (χ0) is 19.0. The molecule has 0 radical (unpaired) electrons.